The first-order chi connectivity index (χ1) is 17.1. The standard InChI is InChI=1S/C30H28FN3O/c31-28-15-14-27(30(35)33-25-12-8-21(9-13-25)16-18-32)29-26(28)17-19-34(29)20-22-6-10-24(11-7-22)23-4-2-1-3-5-23/h1-7,10-11,14-15,17,19,21,25H,8-9,12-13,16,20H2,(H,33,35). The molecule has 0 bridgehead atoms. The molecule has 3 aromatic carbocycles. The summed E-state index contributed by atoms with van der Waals surface area (Å²) in [6.07, 6.45) is 6.08. The highest BCUT2D eigenvalue weighted by molar-refractivity contribution is 6.06. The Bertz CT molecular complexity index is 1360. The number of aromatic nitrogens is 1. The summed E-state index contributed by atoms with van der Waals surface area (Å²) in [5, 5.41) is 12.5. The minimum atomic E-state index is -0.327. The van der Waals surface area contributed by atoms with E-state index >= 15 is 0 Å². The fourth-order valence-corrected chi connectivity index (χ4v) is 5.14. The Morgan fingerprint density at radius 2 is 1.66 bits per heavy atom. The number of carbonyl (C=O) groups is 1. The summed E-state index contributed by atoms with van der Waals surface area (Å²) >= 11 is 0. The van der Waals surface area contributed by atoms with Gasteiger partial charge in [0, 0.05) is 30.6 Å². The molecule has 1 heterocycles. The first-order valence-electron chi connectivity index (χ1n) is 12.2. The number of hydrogen-bond acceptors (Lipinski definition) is 2. The molecule has 5 rings (SSSR count). The number of nitrogens with zero attached hydrogens (tertiary/aromatic N) is 2. The Labute approximate surface area is 205 Å². The van der Waals surface area contributed by atoms with Gasteiger partial charge < -0.3 is 9.88 Å². The monoisotopic (exact) mass is 465 g/mol. The van der Waals surface area contributed by atoms with Crippen molar-refractivity contribution in [3.8, 4) is 17.2 Å². The van der Waals surface area contributed by atoms with Crippen molar-refractivity contribution >= 4 is 16.8 Å². The van der Waals surface area contributed by atoms with Crippen molar-refractivity contribution in [1.29, 1.82) is 5.26 Å². The minimum absolute atomic E-state index is 0.0893. The summed E-state index contributed by atoms with van der Waals surface area (Å²) in [5.74, 6) is -0.0685. The summed E-state index contributed by atoms with van der Waals surface area (Å²) in [6, 6.07) is 25.6. The highest BCUT2D eigenvalue weighted by Gasteiger charge is 2.24. The molecule has 1 amide bonds. The van der Waals surface area contributed by atoms with Gasteiger partial charge >= 0.3 is 0 Å². The van der Waals surface area contributed by atoms with Gasteiger partial charge in [-0.15, -0.1) is 0 Å². The van der Waals surface area contributed by atoms with Crippen LogP contribution in [0.15, 0.2) is 79.0 Å². The van der Waals surface area contributed by atoms with Gasteiger partial charge in [-0.1, -0.05) is 54.6 Å². The van der Waals surface area contributed by atoms with Gasteiger partial charge in [0.1, 0.15) is 5.82 Å². The predicted molar refractivity (Wildman–Crippen MR) is 136 cm³/mol. The zero-order valence-corrected chi connectivity index (χ0v) is 19.6. The Morgan fingerprint density at radius 1 is 0.943 bits per heavy atom. The molecule has 0 aliphatic heterocycles. The summed E-state index contributed by atoms with van der Waals surface area (Å²) in [6.45, 7) is 0.543. The van der Waals surface area contributed by atoms with E-state index in [-0.39, 0.29) is 17.8 Å². The molecule has 1 aromatic heterocycles. The molecule has 0 radical (unpaired) electrons. The van der Waals surface area contributed by atoms with E-state index in [1.807, 2.05) is 29.0 Å². The molecular weight excluding hydrogens is 437 g/mol. The van der Waals surface area contributed by atoms with E-state index in [0.717, 1.165) is 42.4 Å². The predicted octanol–water partition coefficient (Wildman–Crippen LogP) is 6.70. The quantitative estimate of drug-likeness (QED) is 0.345. The summed E-state index contributed by atoms with van der Waals surface area (Å²) < 4.78 is 16.6. The summed E-state index contributed by atoms with van der Waals surface area (Å²) in [5.41, 5.74) is 4.49. The SMILES string of the molecule is N#CCC1CCC(NC(=O)c2ccc(F)c3ccn(Cc4ccc(-c5ccccc5)cc4)c23)CC1. The van der Waals surface area contributed by atoms with Crippen molar-refractivity contribution in [2.75, 3.05) is 0 Å². The minimum Gasteiger partial charge on any atom is -0.349 e. The molecule has 0 saturated heterocycles. The molecule has 1 fully saturated rings. The second-order valence-electron chi connectivity index (χ2n) is 9.42. The van der Waals surface area contributed by atoms with Crippen molar-refractivity contribution in [2.24, 2.45) is 5.92 Å². The van der Waals surface area contributed by atoms with Crippen LogP contribution < -0.4 is 5.32 Å². The maximum Gasteiger partial charge on any atom is 0.253 e. The Balaban J connectivity index is 1.36. The largest absolute Gasteiger partial charge is 0.349 e. The van der Waals surface area contributed by atoms with Crippen LogP contribution in [0, 0.1) is 23.1 Å². The fraction of sp³-hybridized carbons (Fsp3) is 0.267. The van der Waals surface area contributed by atoms with E-state index in [1.54, 1.807) is 12.1 Å². The summed E-state index contributed by atoms with van der Waals surface area (Å²) in [4.78, 5) is 13.3. The van der Waals surface area contributed by atoms with E-state index in [2.05, 4.69) is 47.8 Å². The van der Waals surface area contributed by atoms with E-state index < -0.39 is 0 Å². The van der Waals surface area contributed by atoms with Crippen molar-refractivity contribution < 1.29 is 9.18 Å². The van der Waals surface area contributed by atoms with E-state index in [9.17, 15) is 9.18 Å². The topological polar surface area (TPSA) is 57.8 Å². The first kappa shape index (κ1) is 22.9. The summed E-state index contributed by atoms with van der Waals surface area (Å²) in [7, 11) is 0. The van der Waals surface area contributed by atoms with Gasteiger partial charge in [0.25, 0.3) is 5.91 Å². The van der Waals surface area contributed by atoms with Crippen LogP contribution in [0.2, 0.25) is 0 Å². The first-order valence-corrected chi connectivity index (χ1v) is 12.2. The smallest absolute Gasteiger partial charge is 0.253 e. The number of benzene rings is 3. The van der Waals surface area contributed by atoms with E-state index in [0.29, 0.717) is 35.3 Å². The lowest BCUT2D eigenvalue weighted by atomic mass is 9.84. The molecule has 0 atom stereocenters. The molecule has 5 heteroatoms. The van der Waals surface area contributed by atoms with Gasteiger partial charge in [-0.3, -0.25) is 4.79 Å². The Kier molecular flexibility index (Phi) is 6.63. The lowest BCUT2D eigenvalue weighted by molar-refractivity contribution is 0.0923. The highest BCUT2D eigenvalue weighted by Crippen LogP contribution is 2.28. The number of halogens is 1. The van der Waals surface area contributed by atoms with Crippen molar-refractivity contribution in [3.63, 3.8) is 0 Å². The molecule has 1 N–H and O–H groups in total. The van der Waals surface area contributed by atoms with Gasteiger partial charge in [-0.25, -0.2) is 4.39 Å². The molecule has 1 aliphatic carbocycles. The number of nitriles is 1. The maximum atomic E-state index is 14.6. The van der Waals surface area contributed by atoms with Crippen LogP contribution in [0.3, 0.4) is 0 Å². The van der Waals surface area contributed by atoms with Crippen LogP contribution in [0.4, 0.5) is 4.39 Å². The number of carbonyl (C=O) groups excluding carboxylic acids is 1. The molecule has 0 unspecified atom stereocenters. The van der Waals surface area contributed by atoms with Crippen LogP contribution in [0.25, 0.3) is 22.0 Å². The van der Waals surface area contributed by atoms with Gasteiger partial charge in [-0.05, 0) is 66.5 Å². The van der Waals surface area contributed by atoms with E-state index in [1.165, 1.54) is 6.07 Å². The van der Waals surface area contributed by atoms with Crippen molar-refractivity contribution in [3.05, 3.63) is 95.9 Å². The second kappa shape index (κ2) is 10.1. The van der Waals surface area contributed by atoms with Gasteiger partial charge in [-0.2, -0.15) is 5.26 Å². The van der Waals surface area contributed by atoms with Gasteiger partial charge in [0.2, 0.25) is 0 Å². The fourth-order valence-electron chi connectivity index (χ4n) is 5.14. The lowest BCUT2D eigenvalue weighted by Crippen LogP contribution is -2.37. The maximum absolute atomic E-state index is 14.6. The van der Waals surface area contributed by atoms with Crippen LogP contribution in [-0.2, 0) is 6.54 Å². The molecule has 4 nitrogen and oxygen atoms in total. The number of hydrogen-bond donors (Lipinski definition) is 1. The highest BCUT2D eigenvalue weighted by atomic mass is 19.1. The van der Waals surface area contributed by atoms with Crippen molar-refractivity contribution in [1.82, 2.24) is 9.88 Å². The molecule has 176 valence electrons. The number of nitrogens with one attached hydrogen (secondary N) is 1. The zero-order chi connectivity index (χ0) is 24.2. The van der Waals surface area contributed by atoms with Crippen molar-refractivity contribution in [2.45, 2.75) is 44.7 Å². The second-order valence-corrected chi connectivity index (χ2v) is 9.42. The molecule has 0 spiro atoms. The third-order valence-electron chi connectivity index (χ3n) is 7.09. The zero-order valence-electron chi connectivity index (χ0n) is 19.6. The molecule has 1 saturated carbocycles. The third-order valence-corrected chi connectivity index (χ3v) is 7.09. The molecule has 35 heavy (non-hydrogen) atoms. The van der Waals surface area contributed by atoms with Crippen LogP contribution in [0.1, 0.15) is 48.0 Å². The Hall–Kier alpha value is -3.91. The lowest BCUT2D eigenvalue weighted by Gasteiger charge is -2.28. The van der Waals surface area contributed by atoms with Gasteiger partial charge in [0.05, 0.1) is 17.1 Å². The van der Waals surface area contributed by atoms with Crippen LogP contribution in [-0.4, -0.2) is 16.5 Å². The Morgan fingerprint density at radius 3 is 2.37 bits per heavy atom. The van der Waals surface area contributed by atoms with Gasteiger partial charge in [0.15, 0.2) is 0 Å². The third kappa shape index (κ3) is 4.97. The number of fused-ring (bicyclic) bond motifs is 1. The molecular formula is C30H28FN3O. The average Bonchev–Trinajstić information content (AvgIpc) is 3.31. The van der Waals surface area contributed by atoms with Crippen LogP contribution in [0.5, 0.6) is 0 Å². The normalized spacial score (nSPS) is 17.7. The van der Waals surface area contributed by atoms with E-state index in [4.69, 9.17) is 5.26 Å². The van der Waals surface area contributed by atoms with Crippen LogP contribution >= 0.6 is 0 Å². The number of amides is 1. The average molecular weight is 466 g/mol. The molecule has 4 aromatic rings. The molecule has 1 aliphatic rings. The number of rotatable bonds is 6.